The molecule has 0 heterocycles. The van der Waals surface area contributed by atoms with Crippen molar-refractivity contribution in [3.63, 3.8) is 0 Å². The predicted octanol–water partition coefficient (Wildman–Crippen LogP) is 4.74. The topological polar surface area (TPSA) is 54.3 Å². The van der Waals surface area contributed by atoms with Crippen LogP contribution in [-0.4, -0.2) is 13.2 Å². The Morgan fingerprint density at radius 3 is 2.50 bits per heavy atom. The van der Waals surface area contributed by atoms with Crippen molar-refractivity contribution in [3.8, 4) is 17.6 Å². The number of nitriles is 1. The third-order valence-electron chi connectivity index (χ3n) is 4.98. The maximum atomic E-state index is 8.87. The van der Waals surface area contributed by atoms with E-state index in [0.717, 1.165) is 42.0 Å². The highest BCUT2D eigenvalue weighted by atomic mass is 16.5. The highest BCUT2D eigenvalue weighted by molar-refractivity contribution is 5.44. The van der Waals surface area contributed by atoms with Gasteiger partial charge < -0.3 is 14.8 Å². The fraction of sp³-hybridized carbons (Fsp3) is 0.409. The molecule has 0 radical (unpaired) electrons. The number of hydrogen-bond donors (Lipinski definition) is 1. The molecular weight excluding hydrogens is 324 g/mol. The number of benzene rings is 2. The molecule has 1 saturated carbocycles. The zero-order valence-corrected chi connectivity index (χ0v) is 15.5. The maximum absolute atomic E-state index is 8.87. The molecule has 1 fully saturated rings. The van der Waals surface area contributed by atoms with Gasteiger partial charge in [0, 0.05) is 12.6 Å². The van der Waals surface area contributed by atoms with Gasteiger partial charge in [0.2, 0.25) is 0 Å². The molecule has 0 aliphatic heterocycles. The SMILES string of the molecule is COc1cc(C(C)NCc2ccc(C#N)cc2)ccc1OC1CCCC1. The van der Waals surface area contributed by atoms with Crippen LogP contribution in [0.5, 0.6) is 11.5 Å². The third-order valence-corrected chi connectivity index (χ3v) is 4.98. The van der Waals surface area contributed by atoms with Crippen LogP contribution >= 0.6 is 0 Å². The summed E-state index contributed by atoms with van der Waals surface area (Å²) in [6.07, 6.45) is 5.09. The van der Waals surface area contributed by atoms with Crippen molar-refractivity contribution in [3.05, 3.63) is 59.2 Å². The molecule has 1 aliphatic rings. The van der Waals surface area contributed by atoms with Gasteiger partial charge in [-0.3, -0.25) is 0 Å². The Bertz CT molecular complexity index is 759. The minimum absolute atomic E-state index is 0.181. The average Bonchev–Trinajstić information content (AvgIpc) is 3.20. The van der Waals surface area contributed by atoms with E-state index < -0.39 is 0 Å². The Balaban J connectivity index is 1.62. The second kappa shape index (κ2) is 8.73. The van der Waals surface area contributed by atoms with Gasteiger partial charge in [-0.25, -0.2) is 0 Å². The molecule has 2 aromatic rings. The predicted molar refractivity (Wildman–Crippen MR) is 102 cm³/mol. The van der Waals surface area contributed by atoms with Crippen LogP contribution < -0.4 is 14.8 Å². The largest absolute Gasteiger partial charge is 0.493 e. The third kappa shape index (κ3) is 4.56. The lowest BCUT2D eigenvalue weighted by molar-refractivity contribution is 0.200. The molecule has 0 bridgehead atoms. The zero-order valence-electron chi connectivity index (χ0n) is 15.5. The fourth-order valence-electron chi connectivity index (χ4n) is 3.32. The van der Waals surface area contributed by atoms with Crippen LogP contribution in [0.1, 0.15) is 55.3 Å². The van der Waals surface area contributed by atoms with E-state index >= 15 is 0 Å². The lowest BCUT2D eigenvalue weighted by atomic mass is 10.1. The van der Waals surface area contributed by atoms with Gasteiger partial charge in [0.25, 0.3) is 0 Å². The summed E-state index contributed by atoms with van der Waals surface area (Å²) < 4.78 is 11.7. The Morgan fingerprint density at radius 1 is 1.12 bits per heavy atom. The summed E-state index contributed by atoms with van der Waals surface area (Å²) in [5.41, 5.74) is 3.00. The quantitative estimate of drug-likeness (QED) is 0.784. The summed E-state index contributed by atoms with van der Waals surface area (Å²) in [6.45, 7) is 2.88. The standard InChI is InChI=1S/C22H26N2O2/c1-16(24-15-18-9-7-17(14-23)8-10-18)19-11-12-21(22(13-19)25-2)26-20-5-3-4-6-20/h7-13,16,20,24H,3-6,15H2,1-2H3. The molecule has 0 amide bonds. The smallest absolute Gasteiger partial charge is 0.161 e. The molecule has 1 atom stereocenters. The molecular formula is C22H26N2O2. The van der Waals surface area contributed by atoms with Gasteiger partial charge in [-0.1, -0.05) is 18.2 Å². The van der Waals surface area contributed by atoms with Crippen LogP contribution in [0.4, 0.5) is 0 Å². The van der Waals surface area contributed by atoms with E-state index in [1.54, 1.807) is 7.11 Å². The first-order valence-electron chi connectivity index (χ1n) is 9.26. The molecule has 1 N–H and O–H groups in total. The molecule has 1 aliphatic carbocycles. The van der Waals surface area contributed by atoms with Crippen LogP contribution in [0, 0.1) is 11.3 Å². The first kappa shape index (κ1) is 18.3. The van der Waals surface area contributed by atoms with Crippen molar-refractivity contribution < 1.29 is 9.47 Å². The number of methoxy groups -OCH3 is 1. The van der Waals surface area contributed by atoms with Gasteiger partial charge in [0.05, 0.1) is 24.8 Å². The Hall–Kier alpha value is -2.51. The van der Waals surface area contributed by atoms with Gasteiger partial charge >= 0.3 is 0 Å². The Morgan fingerprint density at radius 2 is 1.85 bits per heavy atom. The van der Waals surface area contributed by atoms with Gasteiger partial charge in [0.1, 0.15) is 0 Å². The van der Waals surface area contributed by atoms with E-state index in [9.17, 15) is 0 Å². The van der Waals surface area contributed by atoms with Gasteiger partial charge in [-0.05, 0) is 68.0 Å². The van der Waals surface area contributed by atoms with E-state index in [4.69, 9.17) is 14.7 Å². The van der Waals surface area contributed by atoms with Crippen molar-refractivity contribution >= 4 is 0 Å². The van der Waals surface area contributed by atoms with Crippen LogP contribution in [-0.2, 0) is 6.54 Å². The summed E-state index contributed by atoms with van der Waals surface area (Å²) in [4.78, 5) is 0. The maximum Gasteiger partial charge on any atom is 0.161 e. The summed E-state index contributed by atoms with van der Waals surface area (Å²) in [5, 5.41) is 12.4. The van der Waals surface area contributed by atoms with Crippen molar-refractivity contribution in [1.82, 2.24) is 5.32 Å². The summed E-state index contributed by atoms with van der Waals surface area (Å²) >= 11 is 0. The number of nitrogens with zero attached hydrogens (tertiary/aromatic N) is 1. The zero-order chi connectivity index (χ0) is 18.4. The normalized spacial score (nSPS) is 15.4. The number of ether oxygens (including phenoxy) is 2. The average molecular weight is 350 g/mol. The lowest BCUT2D eigenvalue weighted by Crippen LogP contribution is -2.18. The Labute approximate surface area is 155 Å². The number of nitrogens with one attached hydrogen (secondary N) is 1. The summed E-state index contributed by atoms with van der Waals surface area (Å²) in [5.74, 6) is 1.63. The van der Waals surface area contributed by atoms with Crippen molar-refractivity contribution in [2.24, 2.45) is 0 Å². The minimum Gasteiger partial charge on any atom is -0.493 e. The van der Waals surface area contributed by atoms with E-state index in [2.05, 4.69) is 30.4 Å². The molecule has 4 heteroatoms. The lowest BCUT2D eigenvalue weighted by Gasteiger charge is -2.19. The summed E-state index contributed by atoms with van der Waals surface area (Å²) in [7, 11) is 1.69. The molecule has 2 aromatic carbocycles. The van der Waals surface area contributed by atoms with Crippen LogP contribution in [0.15, 0.2) is 42.5 Å². The van der Waals surface area contributed by atoms with E-state index in [-0.39, 0.29) is 6.04 Å². The highest BCUT2D eigenvalue weighted by Crippen LogP contribution is 2.33. The van der Waals surface area contributed by atoms with Gasteiger partial charge in [0.15, 0.2) is 11.5 Å². The van der Waals surface area contributed by atoms with Crippen molar-refractivity contribution in [1.29, 1.82) is 5.26 Å². The van der Waals surface area contributed by atoms with Crippen molar-refractivity contribution in [2.45, 2.75) is 51.3 Å². The van der Waals surface area contributed by atoms with Crippen molar-refractivity contribution in [2.75, 3.05) is 7.11 Å². The molecule has 3 rings (SSSR count). The molecule has 0 saturated heterocycles. The minimum atomic E-state index is 0.181. The summed E-state index contributed by atoms with van der Waals surface area (Å²) in [6, 6.07) is 16.2. The van der Waals surface area contributed by atoms with Crippen LogP contribution in [0.25, 0.3) is 0 Å². The van der Waals surface area contributed by atoms with E-state index in [1.807, 2.05) is 30.3 Å². The van der Waals surface area contributed by atoms with Gasteiger partial charge in [-0.15, -0.1) is 0 Å². The van der Waals surface area contributed by atoms with E-state index in [1.165, 1.54) is 12.8 Å². The fourth-order valence-corrected chi connectivity index (χ4v) is 3.32. The van der Waals surface area contributed by atoms with Crippen LogP contribution in [0.2, 0.25) is 0 Å². The molecule has 136 valence electrons. The van der Waals surface area contributed by atoms with Gasteiger partial charge in [-0.2, -0.15) is 5.26 Å². The molecule has 0 aromatic heterocycles. The monoisotopic (exact) mass is 350 g/mol. The first-order chi connectivity index (χ1) is 12.7. The Kier molecular flexibility index (Phi) is 6.14. The van der Waals surface area contributed by atoms with E-state index in [0.29, 0.717) is 11.7 Å². The second-order valence-corrected chi connectivity index (χ2v) is 6.85. The number of hydrogen-bond acceptors (Lipinski definition) is 4. The molecule has 1 unspecified atom stereocenters. The van der Waals surface area contributed by atoms with Crippen LogP contribution in [0.3, 0.4) is 0 Å². The second-order valence-electron chi connectivity index (χ2n) is 6.85. The molecule has 4 nitrogen and oxygen atoms in total. The number of rotatable bonds is 7. The molecule has 26 heavy (non-hydrogen) atoms. The highest BCUT2D eigenvalue weighted by Gasteiger charge is 2.19. The first-order valence-corrected chi connectivity index (χ1v) is 9.26. The molecule has 0 spiro atoms.